The maximum absolute atomic E-state index is 11.6. The molecule has 0 saturated heterocycles. The fourth-order valence-corrected chi connectivity index (χ4v) is 3.20. The Bertz CT molecular complexity index is 482. The van der Waals surface area contributed by atoms with Gasteiger partial charge in [0.25, 0.3) is 0 Å². The zero-order chi connectivity index (χ0) is 15.2. The topological polar surface area (TPSA) is 66.6 Å². The van der Waals surface area contributed by atoms with E-state index in [0.29, 0.717) is 17.3 Å². The Labute approximate surface area is 126 Å². The molecule has 21 heavy (non-hydrogen) atoms. The Morgan fingerprint density at radius 3 is 2.67 bits per heavy atom. The molecule has 4 nitrogen and oxygen atoms in total. The van der Waals surface area contributed by atoms with Crippen LogP contribution < -0.4 is 10.6 Å². The molecule has 0 radical (unpaired) electrons. The van der Waals surface area contributed by atoms with E-state index in [-0.39, 0.29) is 0 Å². The molecule has 0 unspecified atom stereocenters. The minimum absolute atomic E-state index is 0.330. The van der Waals surface area contributed by atoms with Crippen LogP contribution in [0.2, 0.25) is 0 Å². The second-order valence-electron chi connectivity index (χ2n) is 5.92. The Morgan fingerprint density at radius 1 is 1.33 bits per heavy atom. The van der Waals surface area contributed by atoms with Gasteiger partial charge in [-0.25, -0.2) is 4.79 Å². The molecule has 1 aliphatic carbocycles. The zero-order valence-corrected chi connectivity index (χ0v) is 12.8. The Balaban J connectivity index is 2.32. The van der Waals surface area contributed by atoms with Crippen LogP contribution in [-0.4, -0.2) is 23.7 Å². The van der Waals surface area contributed by atoms with E-state index < -0.39 is 5.97 Å². The smallest absolute Gasteiger partial charge is 0.337 e. The monoisotopic (exact) mass is 290 g/mol. The molecule has 1 aliphatic rings. The maximum atomic E-state index is 11.6. The minimum Gasteiger partial charge on any atom is -0.478 e. The molecule has 1 aromatic rings. The van der Waals surface area contributed by atoms with E-state index in [1.807, 2.05) is 12.1 Å². The van der Waals surface area contributed by atoms with Gasteiger partial charge < -0.3 is 15.7 Å². The van der Waals surface area contributed by atoms with Gasteiger partial charge in [0, 0.05) is 18.3 Å². The first kappa shape index (κ1) is 15.7. The molecule has 0 aromatic heterocycles. The first-order valence-electron chi connectivity index (χ1n) is 8.03. The summed E-state index contributed by atoms with van der Waals surface area (Å²) in [5.74, 6) is -0.894. The Hall–Kier alpha value is -1.71. The lowest BCUT2D eigenvalue weighted by Gasteiger charge is -2.37. The minimum atomic E-state index is -0.894. The summed E-state index contributed by atoms with van der Waals surface area (Å²) in [7, 11) is 0. The molecular weight excluding hydrogens is 264 g/mol. The van der Waals surface area contributed by atoms with E-state index in [1.165, 1.54) is 19.3 Å². The van der Waals surface area contributed by atoms with E-state index in [0.717, 1.165) is 37.9 Å². The van der Waals surface area contributed by atoms with Gasteiger partial charge in [-0.15, -0.1) is 0 Å². The van der Waals surface area contributed by atoms with Crippen molar-refractivity contribution in [2.75, 3.05) is 17.2 Å². The molecule has 0 spiro atoms. The molecule has 0 atom stereocenters. The third-order valence-electron chi connectivity index (χ3n) is 4.33. The standard InChI is InChI=1S/C17H26N2O2/c1-2-3-11-19(14-7-5-4-6-8-14)16-10-9-13(18)12-15(16)17(20)21/h9-10,12,14H,2-8,11,18H2,1H3,(H,20,21). The summed E-state index contributed by atoms with van der Waals surface area (Å²) in [5, 5.41) is 9.48. The van der Waals surface area contributed by atoms with Crippen molar-refractivity contribution in [3.05, 3.63) is 23.8 Å². The van der Waals surface area contributed by atoms with Crippen molar-refractivity contribution >= 4 is 17.3 Å². The molecule has 2 rings (SSSR count). The van der Waals surface area contributed by atoms with Crippen LogP contribution >= 0.6 is 0 Å². The van der Waals surface area contributed by atoms with Gasteiger partial charge in [-0.1, -0.05) is 32.6 Å². The number of nitrogens with two attached hydrogens (primary N) is 1. The average Bonchev–Trinajstić information content (AvgIpc) is 2.49. The fourth-order valence-electron chi connectivity index (χ4n) is 3.20. The second-order valence-corrected chi connectivity index (χ2v) is 5.92. The van der Waals surface area contributed by atoms with Gasteiger partial charge in [0.2, 0.25) is 0 Å². The highest BCUT2D eigenvalue weighted by Gasteiger charge is 2.24. The first-order chi connectivity index (χ1) is 10.1. The van der Waals surface area contributed by atoms with Gasteiger partial charge in [-0.05, 0) is 37.5 Å². The van der Waals surface area contributed by atoms with Crippen LogP contribution in [0.5, 0.6) is 0 Å². The maximum Gasteiger partial charge on any atom is 0.337 e. The van der Waals surface area contributed by atoms with Gasteiger partial charge in [-0.2, -0.15) is 0 Å². The summed E-state index contributed by atoms with van der Waals surface area (Å²) in [5.41, 5.74) is 7.43. The lowest BCUT2D eigenvalue weighted by atomic mass is 9.93. The molecule has 0 bridgehead atoms. The SMILES string of the molecule is CCCCN(c1ccc(N)cc1C(=O)O)C1CCCCC1. The van der Waals surface area contributed by atoms with Crippen molar-refractivity contribution < 1.29 is 9.90 Å². The van der Waals surface area contributed by atoms with Gasteiger partial charge in [0.15, 0.2) is 0 Å². The highest BCUT2D eigenvalue weighted by atomic mass is 16.4. The first-order valence-corrected chi connectivity index (χ1v) is 8.03. The molecule has 116 valence electrons. The van der Waals surface area contributed by atoms with Crippen LogP contribution in [0, 0.1) is 0 Å². The fraction of sp³-hybridized carbons (Fsp3) is 0.588. The van der Waals surface area contributed by atoms with E-state index in [2.05, 4.69) is 11.8 Å². The molecule has 0 heterocycles. The van der Waals surface area contributed by atoms with Gasteiger partial charge in [-0.3, -0.25) is 0 Å². The average molecular weight is 290 g/mol. The highest BCUT2D eigenvalue weighted by Crippen LogP contribution is 2.31. The quantitative estimate of drug-likeness (QED) is 0.780. The second kappa shape index (κ2) is 7.34. The number of benzene rings is 1. The molecule has 0 amide bonds. The Kier molecular flexibility index (Phi) is 5.48. The largest absolute Gasteiger partial charge is 0.478 e. The summed E-state index contributed by atoms with van der Waals surface area (Å²) in [4.78, 5) is 13.9. The van der Waals surface area contributed by atoms with E-state index >= 15 is 0 Å². The number of carboxylic acids is 1. The lowest BCUT2D eigenvalue weighted by molar-refractivity contribution is 0.0697. The number of anilines is 2. The predicted molar refractivity (Wildman–Crippen MR) is 86.9 cm³/mol. The van der Waals surface area contributed by atoms with Crippen molar-refractivity contribution in [3.63, 3.8) is 0 Å². The van der Waals surface area contributed by atoms with E-state index in [4.69, 9.17) is 5.73 Å². The third kappa shape index (κ3) is 3.90. The lowest BCUT2D eigenvalue weighted by Crippen LogP contribution is -2.38. The number of nitrogens with zero attached hydrogens (tertiary/aromatic N) is 1. The van der Waals surface area contributed by atoms with Crippen molar-refractivity contribution in [1.29, 1.82) is 0 Å². The number of aromatic carboxylic acids is 1. The third-order valence-corrected chi connectivity index (χ3v) is 4.33. The summed E-state index contributed by atoms with van der Waals surface area (Å²) < 4.78 is 0. The van der Waals surface area contributed by atoms with Gasteiger partial charge >= 0.3 is 5.97 Å². The summed E-state index contributed by atoms with van der Waals surface area (Å²) in [6.07, 6.45) is 8.29. The number of hydrogen-bond donors (Lipinski definition) is 2. The van der Waals surface area contributed by atoms with Crippen molar-refractivity contribution in [2.24, 2.45) is 0 Å². The normalized spacial score (nSPS) is 15.9. The van der Waals surface area contributed by atoms with Crippen LogP contribution in [0.15, 0.2) is 18.2 Å². The number of carboxylic acid groups (broad SMARTS) is 1. The van der Waals surface area contributed by atoms with Gasteiger partial charge in [0.05, 0.1) is 11.3 Å². The Morgan fingerprint density at radius 2 is 2.05 bits per heavy atom. The molecular formula is C17H26N2O2. The van der Waals surface area contributed by atoms with E-state index in [9.17, 15) is 9.90 Å². The summed E-state index contributed by atoms with van der Waals surface area (Å²) in [6, 6.07) is 5.73. The number of carbonyl (C=O) groups is 1. The van der Waals surface area contributed by atoms with Crippen LogP contribution in [-0.2, 0) is 0 Å². The molecule has 4 heteroatoms. The zero-order valence-electron chi connectivity index (χ0n) is 12.8. The molecule has 1 saturated carbocycles. The molecule has 0 aliphatic heterocycles. The molecule has 1 fully saturated rings. The van der Waals surface area contributed by atoms with Crippen molar-refractivity contribution in [1.82, 2.24) is 0 Å². The van der Waals surface area contributed by atoms with Crippen LogP contribution in [0.1, 0.15) is 62.2 Å². The summed E-state index contributed by atoms with van der Waals surface area (Å²) in [6.45, 7) is 3.09. The number of hydrogen-bond acceptors (Lipinski definition) is 3. The number of nitrogen functional groups attached to an aromatic ring is 1. The number of unbranched alkanes of at least 4 members (excludes halogenated alkanes) is 1. The van der Waals surface area contributed by atoms with Crippen LogP contribution in [0.3, 0.4) is 0 Å². The molecule has 3 N–H and O–H groups in total. The van der Waals surface area contributed by atoms with E-state index in [1.54, 1.807) is 6.07 Å². The summed E-state index contributed by atoms with van der Waals surface area (Å²) >= 11 is 0. The van der Waals surface area contributed by atoms with Crippen molar-refractivity contribution in [2.45, 2.75) is 57.9 Å². The predicted octanol–water partition coefficient (Wildman–Crippen LogP) is 3.91. The highest BCUT2D eigenvalue weighted by molar-refractivity contribution is 5.95. The number of rotatable bonds is 6. The molecule has 1 aromatic carbocycles. The van der Waals surface area contributed by atoms with Gasteiger partial charge in [0.1, 0.15) is 0 Å². The van der Waals surface area contributed by atoms with Crippen molar-refractivity contribution in [3.8, 4) is 0 Å². The van der Waals surface area contributed by atoms with Crippen LogP contribution in [0.25, 0.3) is 0 Å². The van der Waals surface area contributed by atoms with Crippen LogP contribution in [0.4, 0.5) is 11.4 Å².